The molecule has 0 aliphatic heterocycles. The molecule has 0 saturated heterocycles. The first-order valence-corrected chi connectivity index (χ1v) is 6.12. The van der Waals surface area contributed by atoms with E-state index >= 15 is 0 Å². The number of likely N-dealkylation sites (N-methyl/N-ethyl adjacent to an activating group) is 1. The number of nitrogens with one attached hydrogen (secondary N) is 1. The molecule has 1 rings (SSSR count). The van der Waals surface area contributed by atoms with Crippen LogP contribution in [0.3, 0.4) is 0 Å². The van der Waals surface area contributed by atoms with Gasteiger partial charge in [0.25, 0.3) is 0 Å². The summed E-state index contributed by atoms with van der Waals surface area (Å²) in [5, 5.41) is 13.4. The smallest absolute Gasteiger partial charge is 0.124 e. The molecule has 1 aromatic carbocycles. The van der Waals surface area contributed by atoms with Crippen molar-refractivity contribution in [1.29, 1.82) is 0 Å². The highest BCUT2D eigenvalue weighted by molar-refractivity contribution is 6.32. The Kier molecular flexibility index (Phi) is 5.25. The van der Waals surface area contributed by atoms with Crippen LogP contribution in [0.5, 0.6) is 5.75 Å². The number of methoxy groups -OCH3 is 1. The minimum atomic E-state index is -0.145. The van der Waals surface area contributed by atoms with Gasteiger partial charge in [-0.1, -0.05) is 18.5 Å². The Morgan fingerprint density at radius 1 is 1.47 bits per heavy atom. The highest BCUT2D eigenvalue weighted by Gasteiger charge is 2.20. The summed E-state index contributed by atoms with van der Waals surface area (Å²) < 4.78 is 5.38. The van der Waals surface area contributed by atoms with Crippen LogP contribution in [0.1, 0.15) is 29.7 Å². The predicted octanol–water partition coefficient (Wildman–Crippen LogP) is 2.61. The van der Waals surface area contributed by atoms with Crippen molar-refractivity contribution in [3.63, 3.8) is 0 Å². The highest BCUT2D eigenvalue weighted by atomic mass is 35.5. The zero-order valence-corrected chi connectivity index (χ0v) is 11.6. The third-order valence-corrected chi connectivity index (χ3v) is 3.48. The second kappa shape index (κ2) is 6.24. The molecule has 0 fully saturated rings. The summed E-state index contributed by atoms with van der Waals surface area (Å²) in [6, 6.07) is 1.76. The fourth-order valence-electron chi connectivity index (χ4n) is 2.04. The molecular formula is C13H20ClNO2. The molecule has 0 saturated carbocycles. The third kappa shape index (κ3) is 2.92. The van der Waals surface area contributed by atoms with Crippen molar-refractivity contribution in [3.8, 4) is 5.75 Å². The molecule has 0 aliphatic carbocycles. The topological polar surface area (TPSA) is 41.5 Å². The van der Waals surface area contributed by atoms with Crippen molar-refractivity contribution in [2.45, 2.75) is 26.8 Å². The summed E-state index contributed by atoms with van der Waals surface area (Å²) in [7, 11) is 1.63. The molecule has 17 heavy (non-hydrogen) atoms. The molecule has 1 atom stereocenters. The molecule has 0 amide bonds. The molecule has 1 unspecified atom stereocenters. The molecule has 0 aromatic heterocycles. The van der Waals surface area contributed by atoms with Gasteiger partial charge >= 0.3 is 0 Å². The van der Waals surface area contributed by atoms with Crippen LogP contribution in [0, 0.1) is 13.8 Å². The number of benzene rings is 1. The molecule has 0 aliphatic rings. The van der Waals surface area contributed by atoms with E-state index in [4.69, 9.17) is 16.3 Å². The Hall–Kier alpha value is -0.770. The molecule has 2 N–H and O–H groups in total. The van der Waals surface area contributed by atoms with E-state index in [1.807, 2.05) is 26.8 Å². The van der Waals surface area contributed by atoms with Gasteiger partial charge in [0.15, 0.2) is 0 Å². The van der Waals surface area contributed by atoms with E-state index in [1.54, 1.807) is 7.11 Å². The fraction of sp³-hybridized carbons (Fsp3) is 0.538. The molecule has 1 aromatic rings. The van der Waals surface area contributed by atoms with E-state index in [1.165, 1.54) is 0 Å². The van der Waals surface area contributed by atoms with E-state index < -0.39 is 0 Å². The average molecular weight is 258 g/mol. The summed E-state index contributed by atoms with van der Waals surface area (Å²) in [5.74, 6) is 0.768. The lowest BCUT2D eigenvalue weighted by Gasteiger charge is -2.22. The van der Waals surface area contributed by atoms with Crippen LogP contribution in [0.15, 0.2) is 6.07 Å². The number of halogens is 1. The number of hydrogen-bond donors (Lipinski definition) is 2. The lowest BCUT2D eigenvalue weighted by atomic mass is 9.98. The number of aliphatic hydroxyl groups excluding tert-OH is 1. The standard InChI is InChI=1S/C13H20ClNO2/c1-5-15-10(7-16)12-9(3)13(14)8(2)6-11(12)17-4/h6,10,15-16H,5,7H2,1-4H3. The second-order valence-corrected chi connectivity index (χ2v) is 4.42. The Bertz CT molecular complexity index is 393. The van der Waals surface area contributed by atoms with Gasteiger partial charge in [-0.25, -0.2) is 0 Å². The zero-order chi connectivity index (χ0) is 13.0. The minimum absolute atomic E-state index is 0.0183. The monoisotopic (exact) mass is 257 g/mol. The van der Waals surface area contributed by atoms with Crippen molar-refractivity contribution in [2.24, 2.45) is 0 Å². The van der Waals surface area contributed by atoms with Crippen molar-refractivity contribution < 1.29 is 9.84 Å². The first-order valence-electron chi connectivity index (χ1n) is 5.74. The second-order valence-electron chi connectivity index (χ2n) is 4.04. The molecule has 0 heterocycles. The number of hydrogen-bond acceptors (Lipinski definition) is 3. The van der Waals surface area contributed by atoms with Gasteiger partial charge in [-0.05, 0) is 37.6 Å². The Morgan fingerprint density at radius 3 is 2.59 bits per heavy atom. The van der Waals surface area contributed by atoms with Crippen LogP contribution in [-0.4, -0.2) is 25.4 Å². The van der Waals surface area contributed by atoms with E-state index in [9.17, 15) is 5.11 Å². The molecule has 0 bridgehead atoms. The van der Waals surface area contributed by atoms with Crippen LogP contribution < -0.4 is 10.1 Å². The van der Waals surface area contributed by atoms with Crippen LogP contribution in [0.25, 0.3) is 0 Å². The van der Waals surface area contributed by atoms with Gasteiger partial charge in [-0.15, -0.1) is 0 Å². The van der Waals surface area contributed by atoms with Gasteiger partial charge in [0.1, 0.15) is 5.75 Å². The van der Waals surface area contributed by atoms with Gasteiger partial charge in [0.05, 0.1) is 19.8 Å². The maximum Gasteiger partial charge on any atom is 0.124 e. The van der Waals surface area contributed by atoms with E-state index in [0.717, 1.165) is 34.0 Å². The lowest BCUT2D eigenvalue weighted by molar-refractivity contribution is 0.242. The molecule has 96 valence electrons. The summed E-state index contributed by atoms with van der Waals surface area (Å²) in [4.78, 5) is 0. The predicted molar refractivity (Wildman–Crippen MR) is 71.0 cm³/mol. The van der Waals surface area contributed by atoms with Crippen LogP contribution in [-0.2, 0) is 0 Å². The Labute approximate surface area is 108 Å². The highest BCUT2D eigenvalue weighted by Crippen LogP contribution is 2.35. The number of ether oxygens (including phenoxy) is 1. The number of aliphatic hydroxyl groups is 1. The Morgan fingerprint density at radius 2 is 2.12 bits per heavy atom. The summed E-state index contributed by atoms with van der Waals surface area (Å²) >= 11 is 6.25. The molecule has 4 heteroatoms. The van der Waals surface area contributed by atoms with Gasteiger partial charge in [-0.3, -0.25) is 0 Å². The first-order chi connectivity index (χ1) is 8.06. The Balaban J connectivity index is 3.33. The number of rotatable bonds is 5. The van der Waals surface area contributed by atoms with Crippen molar-refractivity contribution in [1.82, 2.24) is 5.32 Å². The van der Waals surface area contributed by atoms with Gasteiger partial charge < -0.3 is 15.2 Å². The molecule has 0 radical (unpaired) electrons. The van der Waals surface area contributed by atoms with Crippen LogP contribution in [0.2, 0.25) is 5.02 Å². The maximum atomic E-state index is 9.45. The molecular weight excluding hydrogens is 238 g/mol. The molecule has 3 nitrogen and oxygen atoms in total. The van der Waals surface area contributed by atoms with Crippen molar-refractivity contribution in [3.05, 3.63) is 27.8 Å². The maximum absolute atomic E-state index is 9.45. The summed E-state index contributed by atoms with van der Waals surface area (Å²) in [6.07, 6.45) is 0. The lowest BCUT2D eigenvalue weighted by Crippen LogP contribution is -2.25. The van der Waals surface area contributed by atoms with E-state index in [0.29, 0.717) is 0 Å². The quantitative estimate of drug-likeness (QED) is 0.852. The van der Waals surface area contributed by atoms with Gasteiger partial charge in [0.2, 0.25) is 0 Å². The first kappa shape index (κ1) is 14.3. The largest absolute Gasteiger partial charge is 0.496 e. The molecule has 0 spiro atoms. The van der Waals surface area contributed by atoms with Gasteiger partial charge in [-0.2, -0.15) is 0 Å². The summed E-state index contributed by atoms with van der Waals surface area (Å²) in [5.41, 5.74) is 2.88. The normalized spacial score (nSPS) is 12.6. The van der Waals surface area contributed by atoms with Gasteiger partial charge in [0, 0.05) is 10.6 Å². The zero-order valence-electron chi connectivity index (χ0n) is 10.8. The van der Waals surface area contributed by atoms with Crippen LogP contribution in [0.4, 0.5) is 0 Å². The van der Waals surface area contributed by atoms with E-state index in [-0.39, 0.29) is 12.6 Å². The summed E-state index contributed by atoms with van der Waals surface area (Å²) in [6.45, 7) is 6.69. The average Bonchev–Trinajstić information content (AvgIpc) is 2.33. The fourth-order valence-corrected chi connectivity index (χ4v) is 2.20. The minimum Gasteiger partial charge on any atom is -0.496 e. The third-order valence-electron chi connectivity index (χ3n) is 2.89. The van der Waals surface area contributed by atoms with Crippen molar-refractivity contribution in [2.75, 3.05) is 20.3 Å². The number of aryl methyl sites for hydroxylation is 1. The van der Waals surface area contributed by atoms with Crippen molar-refractivity contribution >= 4 is 11.6 Å². The van der Waals surface area contributed by atoms with E-state index in [2.05, 4.69) is 5.32 Å². The van der Waals surface area contributed by atoms with Crippen LogP contribution >= 0.6 is 11.6 Å². The SMILES string of the molecule is CCNC(CO)c1c(OC)cc(C)c(Cl)c1C.